The highest BCUT2D eigenvalue weighted by Crippen LogP contribution is 2.27. The summed E-state index contributed by atoms with van der Waals surface area (Å²) in [5, 5.41) is 6.71. The van der Waals surface area contributed by atoms with Gasteiger partial charge in [0.05, 0.1) is 12.9 Å². The average Bonchev–Trinajstić information content (AvgIpc) is 3.37. The molecule has 176 valence electrons. The molecule has 1 fully saturated rings. The number of methoxy groups -OCH3 is 1. The molecule has 1 aromatic carbocycles. The number of nitrogens with zero attached hydrogens (tertiary/aromatic N) is 6. The van der Waals surface area contributed by atoms with E-state index in [-0.39, 0.29) is 0 Å². The molecule has 1 aliphatic rings. The largest absolute Gasteiger partial charge is 0.383 e. The zero-order valence-electron chi connectivity index (χ0n) is 19.5. The summed E-state index contributed by atoms with van der Waals surface area (Å²) in [6.45, 7) is 5.47. The number of imidazole rings is 1. The minimum atomic E-state index is 0.491. The van der Waals surface area contributed by atoms with E-state index >= 15 is 0 Å². The molecule has 0 spiro atoms. The van der Waals surface area contributed by atoms with E-state index in [9.17, 15) is 0 Å². The van der Waals surface area contributed by atoms with Crippen LogP contribution in [0, 0.1) is 0 Å². The number of benzene rings is 1. The van der Waals surface area contributed by atoms with Crippen LogP contribution < -0.4 is 20.4 Å². The van der Waals surface area contributed by atoms with Gasteiger partial charge < -0.3 is 30.2 Å². The second kappa shape index (κ2) is 10.0. The van der Waals surface area contributed by atoms with Crippen molar-refractivity contribution in [2.24, 2.45) is 0 Å². The van der Waals surface area contributed by atoms with Crippen LogP contribution in [0.4, 0.5) is 23.1 Å². The van der Waals surface area contributed by atoms with Crippen molar-refractivity contribution in [2.45, 2.75) is 0 Å². The van der Waals surface area contributed by atoms with Crippen LogP contribution in [0.5, 0.6) is 0 Å². The maximum absolute atomic E-state index is 5.16. The number of piperazine rings is 1. The molecule has 0 bridgehead atoms. The van der Waals surface area contributed by atoms with Crippen molar-refractivity contribution in [3.8, 4) is 11.3 Å². The van der Waals surface area contributed by atoms with Crippen molar-refractivity contribution >= 4 is 34.3 Å². The molecule has 1 aliphatic heterocycles. The fourth-order valence-electron chi connectivity index (χ4n) is 4.00. The van der Waals surface area contributed by atoms with Gasteiger partial charge in [-0.05, 0) is 36.4 Å². The molecule has 0 aliphatic carbocycles. The van der Waals surface area contributed by atoms with Crippen LogP contribution in [0.2, 0.25) is 0 Å². The fourth-order valence-corrected chi connectivity index (χ4v) is 4.00. The first kappa shape index (κ1) is 22.1. The standard InChI is InChI=1S/C24H29N9O/c1-32(13-14-34-2)20-8-3-17(15-26-20)21-22-23(28-16-27-22)31-24(30-21)29-18-4-6-19(7-5-18)33-11-9-25-10-12-33/h3-8,15-16,25H,9-14H2,1-2H3,(H2,27,28,29,30,31). The first-order valence-corrected chi connectivity index (χ1v) is 11.4. The summed E-state index contributed by atoms with van der Waals surface area (Å²) in [6, 6.07) is 12.4. The number of hydrogen-bond donors (Lipinski definition) is 3. The van der Waals surface area contributed by atoms with Crippen LogP contribution in [0.25, 0.3) is 22.4 Å². The minimum absolute atomic E-state index is 0.491. The van der Waals surface area contributed by atoms with Gasteiger partial charge in [-0.2, -0.15) is 4.98 Å². The first-order chi connectivity index (χ1) is 16.7. The molecule has 10 heteroatoms. The van der Waals surface area contributed by atoms with E-state index in [1.807, 2.05) is 25.4 Å². The quantitative estimate of drug-likeness (QED) is 0.366. The zero-order valence-corrected chi connectivity index (χ0v) is 19.5. The topological polar surface area (TPSA) is 107 Å². The molecule has 5 rings (SSSR count). The van der Waals surface area contributed by atoms with Crippen LogP contribution in [-0.4, -0.2) is 78.4 Å². The molecule has 0 radical (unpaired) electrons. The van der Waals surface area contributed by atoms with Crippen molar-refractivity contribution in [1.82, 2.24) is 30.2 Å². The van der Waals surface area contributed by atoms with E-state index < -0.39 is 0 Å². The predicted octanol–water partition coefficient (Wildman–Crippen LogP) is 2.65. The Hall–Kier alpha value is -3.76. The Morgan fingerprint density at radius 2 is 1.88 bits per heavy atom. The maximum atomic E-state index is 5.16. The van der Waals surface area contributed by atoms with Crippen molar-refractivity contribution in [1.29, 1.82) is 0 Å². The summed E-state index contributed by atoms with van der Waals surface area (Å²) in [5.41, 5.74) is 5.16. The second-order valence-electron chi connectivity index (χ2n) is 8.23. The summed E-state index contributed by atoms with van der Waals surface area (Å²) in [7, 11) is 3.69. The Bertz CT molecular complexity index is 1220. The number of H-pyrrole nitrogens is 1. The molecular formula is C24H29N9O. The van der Waals surface area contributed by atoms with E-state index in [2.05, 4.69) is 64.6 Å². The summed E-state index contributed by atoms with van der Waals surface area (Å²) in [4.78, 5) is 25.9. The summed E-state index contributed by atoms with van der Waals surface area (Å²) in [5.74, 6) is 1.37. The third-order valence-electron chi connectivity index (χ3n) is 5.93. The van der Waals surface area contributed by atoms with E-state index in [4.69, 9.17) is 9.72 Å². The van der Waals surface area contributed by atoms with Gasteiger partial charge in [0.2, 0.25) is 5.95 Å². The molecule has 10 nitrogen and oxygen atoms in total. The molecule has 3 N–H and O–H groups in total. The number of anilines is 4. The summed E-state index contributed by atoms with van der Waals surface area (Å²) in [6.07, 6.45) is 3.46. The van der Waals surface area contributed by atoms with Crippen LogP contribution in [0.1, 0.15) is 0 Å². The summed E-state index contributed by atoms with van der Waals surface area (Å²) < 4.78 is 5.16. The molecule has 0 unspecified atom stereocenters. The first-order valence-electron chi connectivity index (χ1n) is 11.4. The van der Waals surface area contributed by atoms with Gasteiger partial charge >= 0.3 is 0 Å². The van der Waals surface area contributed by atoms with Gasteiger partial charge in [-0.15, -0.1) is 0 Å². The van der Waals surface area contributed by atoms with Crippen LogP contribution in [-0.2, 0) is 4.74 Å². The number of likely N-dealkylation sites (N-methyl/N-ethyl adjacent to an activating group) is 1. The number of aromatic amines is 1. The molecule has 4 heterocycles. The number of pyridine rings is 1. The van der Waals surface area contributed by atoms with Gasteiger partial charge in [0.25, 0.3) is 0 Å². The van der Waals surface area contributed by atoms with E-state index in [0.29, 0.717) is 18.2 Å². The lowest BCUT2D eigenvalue weighted by atomic mass is 10.2. The third kappa shape index (κ3) is 4.78. The van der Waals surface area contributed by atoms with Crippen molar-refractivity contribution in [3.05, 3.63) is 48.9 Å². The second-order valence-corrected chi connectivity index (χ2v) is 8.23. The Morgan fingerprint density at radius 3 is 2.62 bits per heavy atom. The molecule has 0 amide bonds. The van der Waals surface area contributed by atoms with E-state index in [1.165, 1.54) is 5.69 Å². The van der Waals surface area contributed by atoms with Gasteiger partial charge in [0.1, 0.15) is 17.0 Å². The van der Waals surface area contributed by atoms with Gasteiger partial charge in [-0.25, -0.2) is 15.0 Å². The Labute approximate surface area is 198 Å². The van der Waals surface area contributed by atoms with Crippen LogP contribution in [0.3, 0.4) is 0 Å². The average molecular weight is 460 g/mol. The number of nitrogens with one attached hydrogen (secondary N) is 3. The van der Waals surface area contributed by atoms with Crippen LogP contribution in [0.15, 0.2) is 48.9 Å². The third-order valence-corrected chi connectivity index (χ3v) is 5.93. The Morgan fingerprint density at radius 1 is 1.06 bits per heavy atom. The van der Waals surface area contributed by atoms with Crippen LogP contribution >= 0.6 is 0 Å². The summed E-state index contributed by atoms with van der Waals surface area (Å²) >= 11 is 0. The van der Waals surface area contributed by atoms with Gasteiger partial charge in [-0.3, -0.25) is 0 Å². The normalized spacial score (nSPS) is 13.9. The van der Waals surface area contributed by atoms with E-state index in [0.717, 1.165) is 61.0 Å². The lowest BCUT2D eigenvalue weighted by Gasteiger charge is -2.29. The van der Waals surface area contributed by atoms with E-state index in [1.54, 1.807) is 13.4 Å². The van der Waals surface area contributed by atoms with Gasteiger partial charge in [0.15, 0.2) is 5.65 Å². The fraction of sp³-hybridized carbons (Fsp3) is 0.333. The maximum Gasteiger partial charge on any atom is 0.229 e. The number of rotatable bonds is 8. The Balaban J connectivity index is 1.38. The van der Waals surface area contributed by atoms with Crippen molar-refractivity contribution in [3.63, 3.8) is 0 Å². The monoisotopic (exact) mass is 459 g/mol. The number of aromatic nitrogens is 5. The van der Waals surface area contributed by atoms with Crippen molar-refractivity contribution < 1.29 is 4.74 Å². The molecule has 3 aromatic heterocycles. The minimum Gasteiger partial charge on any atom is -0.383 e. The SMILES string of the molecule is COCCN(C)c1ccc(-c2nc(Nc3ccc(N4CCNCC4)cc3)nc3nc[nH]c23)cn1. The highest BCUT2D eigenvalue weighted by Gasteiger charge is 2.14. The lowest BCUT2D eigenvalue weighted by Crippen LogP contribution is -2.43. The smallest absolute Gasteiger partial charge is 0.229 e. The molecule has 34 heavy (non-hydrogen) atoms. The molecule has 1 saturated heterocycles. The molecule has 0 saturated carbocycles. The van der Waals surface area contributed by atoms with Gasteiger partial charge in [0, 0.05) is 70.0 Å². The lowest BCUT2D eigenvalue weighted by molar-refractivity contribution is 0.206. The molecular weight excluding hydrogens is 430 g/mol. The highest BCUT2D eigenvalue weighted by atomic mass is 16.5. The number of hydrogen-bond acceptors (Lipinski definition) is 9. The zero-order chi connectivity index (χ0) is 23.3. The van der Waals surface area contributed by atoms with Crippen molar-refractivity contribution in [2.75, 3.05) is 68.6 Å². The Kier molecular flexibility index (Phi) is 6.50. The number of fused-ring (bicyclic) bond motifs is 1. The molecule has 4 aromatic rings. The number of ether oxygens (including phenoxy) is 1. The highest BCUT2D eigenvalue weighted by molar-refractivity contribution is 5.88. The predicted molar refractivity (Wildman–Crippen MR) is 135 cm³/mol. The molecule has 0 atom stereocenters. The van der Waals surface area contributed by atoms with Gasteiger partial charge in [-0.1, -0.05) is 0 Å².